The van der Waals surface area contributed by atoms with Crippen LogP contribution < -0.4 is 4.74 Å². The maximum atomic E-state index is 10.3. The zero-order valence-corrected chi connectivity index (χ0v) is 14.0. The van der Waals surface area contributed by atoms with Gasteiger partial charge in [-0.1, -0.05) is 48.5 Å². The van der Waals surface area contributed by atoms with E-state index in [-0.39, 0.29) is 5.75 Å². The van der Waals surface area contributed by atoms with Crippen molar-refractivity contribution in [2.24, 2.45) is 0 Å². The summed E-state index contributed by atoms with van der Waals surface area (Å²) in [6, 6.07) is 22.7. The van der Waals surface area contributed by atoms with Crippen LogP contribution in [0, 0.1) is 0 Å². The van der Waals surface area contributed by atoms with Gasteiger partial charge in [0.15, 0.2) is 0 Å². The van der Waals surface area contributed by atoms with Crippen molar-refractivity contribution < 1.29 is 9.84 Å². The van der Waals surface area contributed by atoms with Crippen molar-refractivity contribution in [1.82, 2.24) is 15.0 Å². The molecular weight excluding hydrogens is 326 g/mol. The highest BCUT2D eigenvalue weighted by molar-refractivity contribution is 5.73. The summed E-state index contributed by atoms with van der Waals surface area (Å²) in [7, 11) is 0. The number of fused-ring (bicyclic) bond motifs is 1. The van der Waals surface area contributed by atoms with E-state index in [2.05, 4.69) is 10.2 Å². The molecule has 4 aromatic rings. The van der Waals surface area contributed by atoms with E-state index in [1.54, 1.807) is 18.2 Å². The van der Waals surface area contributed by atoms with E-state index >= 15 is 0 Å². The van der Waals surface area contributed by atoms with Crippen LogP contribution in [0.25, 0.3) is 22.8 Å². The Labute approximate surface area is 150 Å². The van der Waals surface area contributed by atoms with E-state index in [9.17, 15) is 5.11 Å². The Morgan fingerprint density at radius 2 is 1.58 bits per heavy atom. The van der Waals surface area contributed by atoms with Gasteiger partial charge >= 0.3 is 0 Å². The summed E-state index contributed by atoms with van der Waals surface area (Å²) in [5.74, 6) is 0.649. The summed E-state index contributed by atoms with van der Waals surface area (Å²) in [4.78, 5) is 1.43. The quantitative estimate of drug-likeness (QED) is 0.589. The summed E-state index contributed by atoms with van der Waals surface area (Å²) in [5, 5.41) is 19.1. The second-order valence-electron chi connectivity index (χ2n) is 5.75. The summed E-state index contributed by atoms with van der Waals surface area (Å²) in [6.45, 7) is 0.414. The molecule has 0 amide bonds. The van der Waals surface area contributed by atoms with Gasteiger partial charge < -0.3 is 9.84 Å². The largest absolute Gasteiger partial charge is 0.505 e. The third-order valence-electron chi connectivity index (χ3n) is 3.91. The number of rotatable bonds is 5. The Morgan fingerprint density at radius 3 is 2.27 bits per heavy atom. The van der Waals surface area contributed by atoms with Crippen LogP contribution in [-0.4, -0.2) is 26.7 Å². The second-order valence-corrected chi connectivity index (χ2v) is 5.75. The first-order valence-corrected chi connectivity index (χ1v) is 8.29. The summed E-state index contributed by atoms with van der Waals surface area (Å²) in [5.41, 5.74) is 3.18. The number of hydrogen-bond acceptors (Lipinski definition) is 4. The van der Waals surface area contributed by atoms with E-state index in [0.717, 1.165) is 16.6 Å². The van der Waals surface area contributed by atoms with Gasteiger partial charge in [0, 0.05) is 6.07 Å². The molecule has 0 unspecified atom stereocenters. The molecule has 0 aliphatic heterocycles. The van der Waals surface area contributed by atoms with Crippen molar-refractivity contribution in [3.63, 3.8) is 0 Å². The topological polar surface area (TPSA) is 60.2 Å². The molecule has 1 N–H and O–H groups in total. The molecule has 128 valence electrons. The molecule has 5 heteroatoms. The van der Waals surface area contributed by atoms with E-state index in [1.807, 2.05) is 66.7 Å². The standard InChI is InChI=1S/C21H17N3O2/c25-21-15-17(26-14-6-9-16-7-2-1-3-8-16)12-13-20(21)24-22-18-10-4-5-11-19(18)23-24/h1-13,15,25H,14H2. The van der Waals surface area contributed by atoms with Gasteiger partial charge in [-0.15, -0.1) is 15.0 Å². The number of nitrogens with zero attached hydrogens (tertiary/aromatic N) is 3. The summed E-state index contributed by atoms with van der Waals surface area (Å²) >= 11 is 0. The molecule has 4 rings (SSSR count). The molecule has 0 bridgehead atoms. The molecule has 1 heterocycles. The van der Waals surface area contributed by atoms with Crippen LogP contribution in [0.15, 0.2) is 78.9 Å². The van der Waals surface area contributed by atoms with Crippen molar-refractivity contribution >= 4 is 17.1 Å². The normalized spacial score (nSPS) is 11.2. The molecule has 0 atom stereocenters. The zero-order valence-electron chi connectivity index (χ0n) is 14.0. The minimum Gasteiger partial charge on any atom is -0.505 e. The minimum atomic E-state index is 0.0647. The molecule has 0 saturated heterocycles. The predicted octanol–water partition coefficient (Wildman–Crippen LogP) is 4.22. The molecule has 3 aromatic carbocycles. The van der Waals surface area contributed by atoms with E-state index in [0.29, 0.717) is 18.0 Å². The number of benzene rings is 3. The second kappa shape index (κ2) is 7.11. The minimum absolute atomic E-state index is 0.0647. The summed E-state index contributed by atoms with van der Waals surface area (Å²) < 4.78 is 5.66. The number of aromatic nitrogens is 3. The number of phenols is 1. The maximum absolute atomic E-state index is 10.3. The average molecular weight is 343 g/mol. The third kappa shape index (κ3) is 3.42. The van der Waals surface area contributed by atoms with Crippen molar-refractivity contribution in [3.05, 3.63) is 84.4 Å². The Balaban J connectivity index is 1.46. The van der Waals surface area contributed by atoms with Crippen molar-refractivity contribution in [2.75, 3.05) is 6.61 Å². The van der Waals surface area contributed by atoms with Gasteiger partial charge in [-0.05, 0) is 35.9 Å². The van der Waals surface area contributed by atoms with E-state index in [4.69, 9.17) is 4.74 Å². The van der Waals surface area contributed by atoms with Gasteiger partial charge in [-0.3, -0.25) is 0 Å². The van der Waals surface area contributed by atoms with Crippen LogP contribution in [0.2, 0.25) is 0 Å². The smallest absolute Gasteiger partial charge is 0.146 e. The predicted molar refractivity (Wildman–Crippen MR) is 102 cm³/mol. The lowest BCUT2D eigenvalue weighted by molar-refractivity contribution is 0.360. The van der Waals surface area contributed by atoms with Crippen LogP contribution in [0.5, 0.6) is 11.5 Å². The average Bonchev–Trinajstić information content (AvgIpc) is 3.10. The Kier molecular flexibility index (Phi) is 4.35. The molecule has 0 fully saturated rings. The van der Waals surface area contributed by atoms with Crippen molar-refractivity contribution in [1.29, 1.82) is 0 Å². The maximum Gasteiger partial charge on any atom is 0.146 e. The molecule has 26 heavy (non-hydrogen) atoms. The fraction of sp³-hybridized carbons (Fsp3) is 0.0476. The lowest BCUT2D eigenvalue weighted by Crippen LogP contribution is -2.00. The molecule has 0 aliphatic rings. The van der Waals surface area contributed by atoms with Gasteiger partial charge in [0.1, 0.15) is 34.8 Å². The molecule has 1 aromatic heterocycles. The lowest BCUT2D eigenvalue weighted by atomic mass is 10.2. The zero-order chi connectivity index (χ0) is 17.8. The fourth-order valence-corrected chi connectivity index (χ4v) is 2.62. The van der Waals surface area contributed by atoms with Crippen molar-refractivity contribution in [3.8, 4) is 17.2 Å². The number of phenolic OH excluding ortho intramolecular Hbond substituents is 1. The van der Waals surface area contributed by atoms with Crippen LogP contribution in [0.4, 0.5) is 0 Å². The van der Waals surface area contributed by atoms with Crippen LogP contribution >= 0.6 is 0 Å². The van der Waals surface area contributed by atoms with Gasteiger partial charge in [0.05, 0.1) is 0 Å². The third-order valence-corrected chi connectivity index (χ3v) is 3.91. The van der Waals surface area contributed by atoms with Crippen LogP contribution in [-0.2, 0) is 0 Å². The lowest BCUT2D eigenvalue weighted by Gasteiger charge is -2.07. The van der Waals surface area contributed by atoms with Gasteiger partial charge in [-0.2, -0.15) is 0 Å². The monoisotopic (exact) mass is 343 g/mol. The van der Waals surface area contributed by atoms with E-state index < -0.39 is 0 Å². The molecule has 5 nitrogen and oxygen atoms in total. The number of ether oxygens (including phenoxy) is 1. The molecule has 0 saturated carbocycles. The summed E-state index contributed by atoms with van der Waals surface area (Å²) in [6.07, 6.45) is 3.93. The first-order valence-electron chi connectivity index (χ1n) is 8.29. The van der Waals surface area contributed by atoms with Crippen molar-refractivity contribution in [2.45, 2.75) is 0 Å². The highest BCUT2D eigenvalue weighted by Crippen LogP contribution is 2.26. The Bertz CT molecular complexity index is 1020. The van der Waals surface area contributed by atoms with Crippen LogP contribution in [0.3, 0.4) is 0 Å². The SMILES string of the molecule is Oc1cc(OCC=Cc2ccccc2)ccc1-n1nc2ccccc2n1. The molecule has 0 spiro atoms. The first kappa shape index (κ1) is 15.9. The highest BCUT2D eigenvalue weighted by Gasteiger charge is 2.09. The van der Waals surface area contributed by atoms with Crippen LogP contribution in [0.1, 0.15) is 5.56 Å². The molecule has 0 aliphatic carbocycles. The fourth-order valence-electron chi connectivity index (χ4n) is 2.62. The Morgan fingerprint density at radius 1 is 0.885 bits per heavy atom. The van der Waals surface area contributed by atoms with Gasteiger partial charge in [0.2, 0.25) is 0 Å². The highest BCUT2D eigenvalue weighted by atomic mass is 16.5. The first-order chi connectivity index (χ1) is 12.8. The van der Waals surface area contributed by atoms with E-state index in [1.165, 1.54) is 4.80 Å². The van der Waals surface area contributed by atoms with Gasteiger partial charge in [0.25, 0.3) is 0 Å². The van der Waals surface area contributed by atoms with Gasteiger partial charge in [-0.25, -0.2) is 0 Å². The Hall–Kier alpha value is -3.60. The number of hydrogen-bond donors (Lipinski definition) is 1. The molecule has 0 radical (unpaired) electrons. The molecular formula is C21H17N3O2. The number of aromatic hydroxyl groups is 1.